The van der Waals surface area contributed by atoms with E-state index < -0.39 is 17.5 Å². The molecule has 1 aromatic heterocycles. The maximum atomic E-state index is 13.8. The monoisotopic (exact) mass is 294 g/mol. The Hall–Kier alpha value is -2.37. The van der Waals surface area contributed by atoms with E-state index in [2.05, 4.69) is 10.6 Å². The van der Waals surface area contributed by atoms with Crippen LogP contribution in [0.15, 0.2) is 34.9 Å². The molecule has 0 unspecified atom stereocenters. The van der Waals surface area contributed by atoms with Crippen LogP contribution in [-0.4, -0.2) is 12.5 Å². The molecule has 0 atom stereocenters. The number of furan rings is 1. The van der Waals surface area contributed by atoms with Gasteiger partial charge in [0.15, 0.2) is 0 Å². The van der Waals surface area contributed by atoms with Crippen molar-refractivity contribution in [2.75, 3.05) is 11.9 Å². The van der Waals surface area contributed by atoms with Crippen molar-refractivity contribution in [3.63, 3.8) is 0 Å². The van der Waals surface area contributed by atoms with Gasteiger partial charge in [0, 0.05) is 12.1 Å². The van der Waals surface area contributed by atoms with Crippen molar-refractivity contribution in [1.82, 2.24) is 5.32 Å². The van der Waals surface area contributed by atoms with Crippen LogP contribution in [-0.2, 0) is 6.54 Å². The van der Waals surface area contributed by atoms with Crippen LogP contribution in [0.5, 0.6) is 0 Å². The van der Waals surface area contributed by atoms with E-state index >= 15 is 0 Å². The molecule has 2 N–H and O–H groups in total. The zero-order valence-corrected chi connectivity index (χ0v) is 11.6. The second-order valence-electron chi connectivity index (χ2n) is 4.50. The van der Waals surface area contributed by atoms with Crippen LogP contribution in [0.4, 0.5) is 14.5 Å². The van der Waals surface area contributed by atoms with Gasteiger partial charge in [0.2, 0.25) is 0 Å². The molecule has 0 saturated carbocycles. The van der Waals surface area contributed by atoms with Crippen LogP contribution >= 0.6 is 0 Å². The van der Waals surface area contributed by atoms with Crippen LogP contribution < -0.4 is 10.6 Å². The van der Waals surface area contributed by atoms with E-state index in [4.69, 9.17) is 4.42 Å². The summed E-state index contributed by atoms with van der Waals surface area (Å²) >= 11 is 0. The molecule has 0 aliphatic carbocycles. The van der Waals surface area contributed by atoms with Gasteiger partial charge in [0.05, 0.1) is 12.8 Å². The summed E-state index contributed by atoms with van der Waals surface area (Å²) in [4.78, 5) is 11.9. The average Bonchev–Trinajstić information content (AvgIpc) is 2.97. The third-order valence-electron chi connectivity index (χ3n) is 2.86. The highest BCUT2D eigenvalue weighted by atomic mass is 19.1. The van der Waals surface area contributed by atoms with Gasteiger partial charge in [-0.05, 0) is 30.7 Å². The molecule has 0 bridgehead atoms. The summed E-state index contributed by atoms with van der Waals surface area (Å²) in [5.74, 6) is -1.57. The number of anilines is 1. The Labute approximate surface area is 121 Å². The fraction of sp³-hybridized carbons (Fsp3) is 0.267. The van der Waals surface area contributed by atoms with Gasteiger partial charge < -0.3 is 15.1 Å². The first-order valence-corrected chi connectivity index (χ1v) is 6.65. The van der Waals surface area contributed by atoms with E-state index in [1.807, 2.05) is 6.92 Å². The molecule has 0 fully saturated rings. The lowest BCUT2D eigenvalue weighted by Crippen LogP contribution is -2.23. The molecule has 2 rings (SSSR count). The lowest BCUT2D eigenvalue weighted by atomic mass is 10.1. The number of rotatable bonds is 6. The summed E-state index contributed by atoms with van der Waals surface area (Å²) in [5.41, 5.74) is -0.280. The number of nitrogens with one attached hydrogen (secondary N) is 2. The van der Waals surface area contributed by atoms with Crippen LogP contribution in [0.1, 0.15) is 29.5 Å². The number of hydrogen-bond acceptors (Lipinski definition) is 3. The predicted molar refractivity (Wildman–Crippen MR) is 75.0 cm³/mol. The number of benzene rings is 1. The van der Waals surface area contributed by atoms with Crippen molar-refractivity contribution < 1.29 is 18.0 Å². The van der Waals surface area contributed by atoms with Gasteiger partial charge in [-0.1, -0.05) is 6.92 Å². The van der Waals surface area contributed by atoms with Crippen molar-refractivity contribution >= 4 is 11.6 Å². The summed E-state index contributed by atoms with van der Waals surface area (Å²) in [6.45, 7) is 2.50. The molecule has 2 aromatic rings. The highest BCUT2D eigenvalue weighted by molar-refractivity contribution is 5.94. The quantitative estimate of drug-likeness (QED) is 0.859. The SMILES string of the molecule is CCCNc1c(F)cc(C(=O)NCc2ccco2)cc1F. The summed E-state index contributed by atoms with van der Waals surface area (Å²) in [6, 6.07) is 5.41. The lowest BCUT2D eigenvalue weighted by Gasteiger charge is -2.10. The van der Waals surface area contributed by atoms with Crippen LogP contribution in [0.25, 0.3) is 0 Å². The Morgan fingerprint density at radius 1 is 1.29 bits per heavy atom. The molecular weight excluding hydrogens is 278 g/mol. The van der Waals surface area contributed by atoms with Crippen molar-refractivity contribution in [2.24, 2.45) is 0 Å². The molecule has 0 spiro atoms. The van der Waals surface area contributed by atoms with Crippen molar-refractivity contribution in [3.8, 4) is 0 Å². The molecule has 0 radical (unpaired) electrons. The zero-order chi connectivity index (χ0) is 15.2. The largest absolute Gasteiger partial charge is 0.467 e. The molecule has 112 valence electrons. The number of carbonyl (C=O) groups is 1. The molecule has 21 heavy (non-hydrogen) atoms. The smallest absolute Gasteiger partial charge is 0.251 e. The molecule has 4 nitrogen and oxygen atoms in total. The average molecular weight is 294 g/mol. The third-order valence-corrected chi connectivity index (χ3v) is 2.86. The van der Waals surface area contributed by atoms with Crippen LogP contribution in [0.3, 0.4) is 0 Å². The molecular formula is C15H16F2N2O2. The maximum Gasteiger partial charge on any atom is 0.251 e. The van der Waals surface area contributed by atoms with E-state index in [0.717, 1.165) is 18.6 Å². The fourth-order valence-electron chi connectivity index (χ4n) is 1.81. The minimum Gasteiger partial charge on any atom is -0.467 e. The number of amides is 1. The number of halogens is 2. The summed E-state index contributed by atoms with van der Waals surface area (Å²) in [7, 11) is 0. The van der Waals surface area contributed by atoms with E-state index in [0.29, 0.717) is 12.3 Å². The lowest BCUT2D eigenvalue weighted by molar-refractivity contribution is 0.0947. The molecule has 1 aromatic carbocycles. The second kappa shape index (κ2) is 6.88. The molecule has 6 heteroatoms. The van der Waals surface area contributed by atoms with Gasteiger partial charge in [-0.15, -0.1) is 0 Å². The summed E-state index contributed by atoms with van der Waals surface area (Å²) < 4.78 is 32.7. The van der Waals surface area contributed by atoms with Gasteiger partial charge in [-0.25, -0.2) is 8.78 Å². The van der Waals surface area contributed by atoms with Gasteiger partial charge in [0.25, 0.3) is 5.91 Å². The highest BCUT2D eigenvalue weighted by Gasteiger charge is 2.15. The van der Waals surface area contributed by atoms with Gasteiger partial charge in [-0.2, -0.15) is 0 Å². The Kier molecular flexibility index (Phi) is 4.92. The number of carbonyl (C=O) groups excluding carboxylic acids is 1. The van der Waals surface area contributed by atoms with Gasteiger partial charge in [-0.3, -0.25) is 4.79 Å². The Balaban J connectivity index is 2.07. The normalized spacial score (nSPS) is 10.4. The van der Waals surface area contributed by atoms with Crippen LogP contribution in [0.2, 0.25) is 0 Å². The Bertz CT molecular complexity index is 589. The topological polar surface area (TPSA) is 54.3 Å². The first-order valence-electron chi connectivity index (χ1n) is 6.65. The predicted octanol–water partition coefficient (Wildman–Crippen LogP) is 3.31. The Morgan fingerprint density at radius 3 is 2.57 bits per heavy atom. The second-order valence-corrected chi connectivity index (χ2v) is 4.50. The van der Waals surface area contributed by atoms with E-state index in [9.17, 15) is 13.6 Å². The minimum atomic E-state index is -0.786. The Morgan fingerprint density at radius 2 is 2.00 bits per heavy atom. The fourth-order valence-corrected chi connectivity index (χ4v) is 1.81. The third kappa shape index (κ3) is 3.81. The highest BCUT2D eigenvalue weighted by Crippen LogP contribution is 2.21. The first kappa shape index (κ1) is 15.0. The number of hydrogen-bond donors (Lipinski definition) is 2. The first-order chi connectivity index (χ1) is 10.1. The van der Waals surface area contributed by atoms with Crippen molar-refractivity contribution in [3.05, 3.63) is 53.5 Å². The summed E-state index contributed by atoms with van der Waals surface area (Å²) in [6.07, 6.45) is 2.22. The van der Waals surface area contributed by atoms with E-state index in [1.165, 1.54) is 6.26 Å². The van der Waals surface area contributed by atoms with E-state index in [1.54, 1.807) is 12.1 Å². The zero-order valence-electron chi connectivity index (χ0n) is 11.6. The van der Waals surface area contributed by atoms with Gasteiger partial charge in [0.1, 0.15) is 23.1 Å². The standard InChI is InChI=1S/C15H16F2N2O2/c1-2-5-18-14-12(16)7-10(8-13(14)17)15(20)19-9-11-4-3-6-21-11/h3-4,6-8,18H,2,5,9H2,1H3,(H,19,20). The molecule has 1 amide bonds. The van der Waals surface area contributed by atoms with E-state index in [-0.39, 0.29) is 17.8 Å². The molecule has 0 aliphatic heterocycles. The minimum absolute atomic E-state index is 0.0707. The molecule has 0 aliphatic rings. The summed E-state index contributed by atoms with van der Waals surface area (Å²) in [5, 5.41) is 5.19. The van der Waals surface area contributed by atoms with Gasteiger partial charge >= 0.3 is 0 Å². The molecule has 0 saturated heterocycles. The van der Waals surface area contributed by atoms with Crippen molar-refractivity contribution in [1.29, 1.82) is 0 Å². The maximum absolute atomic E-state index is 13.8. The van der Waals surface area contributed by atoms with Crippen LogP contribution in [0, 0.1) is 11.6 Å². The molecule has 1 heterocycles. The van der Waals surface area contributed by atoms with Crippen molar-refractivity contribution in [2.45, 2.75) is 19.9 Å².